The lowest BCUT2D eigenvalue weighted by Crippen LogP contribution is -2.10. The van der Waals surface area contributed by atoms with Crippen LogP contribution in [0.15, 0.2) is 45.2 Å². The summed E-state index contributed by atoms with van der Waals surface area (Å²) in [5.41, 5.74) is 5.46. The Morgan fingerprint density at radius 1 is 0.840 bits per heavy atom. The minimum Gasteiger partial charge on any atom is -0.440 e. The molecule has 128 valence electrons. The molecule has 0 atom stereocenters. The van der Waals surface area contributed by atoms with Gasteiger partial charge in [0.15, 0.2) is 17.1 Å². The average molecular weight is 334 g/mol. The fourth-order valence-electron chi connectivity index (χ4n) is 2.85. The fraction of sp³-hybridized carbons (Fsp3) is 0.333. The molecule has 0 aliphatic heterocycles. The number of hydrogen-bond acceptors (Lipinski definition) is 4. The van der Waals surface area contributed by atoms with Crippen LogP contribution in [-0.2, 0) is 5.41 Å². The van der Waals surface area contributed by atoms with Crippen molar-refractivity contribution >= 4 is 22.2 Å². The van der Waals surface area contributed by atoms with E-state index in [0.717, 1.165) is 28.1 Å². The first-order valence-electron chi connectivity index (χ1n) is 8.63. The molecule has 2 aromatic heterocycles. The first-order chi connectivity index (χ1) is 11.8. The van der Waals surface area contributed by atoms with E-state index in [0.29, 0.717) is 11.5 Å². The Balaban J connectivity index is 1.76. The largest absolute Gasteiger partial charge is 0.440 e. The molecule has 0 aliphatic carbocycles. The van der Waals surface area contributed by atoms with Crippen LogP contribution in [0.5, 0.6) is 0 Å². The molecule has 0 N–H and O–H groups in total. The first-order valence-corrected chi connectivity index (χ1v) is 8.63. The van der Waals surface area contributed by atoms with Crippen molar-refractivity contribution in [2.75, 3.05) is 0 Å². The van der Waals surface area contributed by atoms with Gasteiger partial charge in [0.05, 0.1) is 0 Å². The first kappa shape index (κ1) is 15.9. The van der Waals surface area contributed by atoms with Gasteiger partial charge in [-0.2, -0.15) is 0 Å². The lowest BCUT2D eigenvalue weighted by Gasteiger charge is -2.18. The molecule has 2 heterocycles. The number of rotatable bonds is 2. The zero-order chi connectivity index (χ0) is 17.8. The van der Waals surface area contributed by atoms with Crippen LogP contribution in [0.3, 0.4) is 0 Å². The Labute approximate surface area is 146 Å². The molecular weight excluding hydrogens is 312 g/mol. The predicted molar refractivity (Wildman–Crippen MR) is 99.8 cm³/mol. The van der Waals surface area contributed by atoms with Crippen LogP contribution in [-0.4, -0.2) is 9.97 Å². The van der Waals surface area contributed by atoms with Crippen molar-refractivity contribution in [3.63, 3.8) is 0 Å². The third-order valence-corrected chi connectivity index (χ3v) is 4.41. The van der Waals surface area contributed by atoms with E-state index in [9.17, 15) is 0 Å². The maximum atomic E-state index is 5.96. The topological polar surface area (TPSA) is 52.1 Å². The molecule has 0 fully saturated rings. The van der Waals surface area contributed by atoms with Gasteiger partial charge >= 0.3 is 0 Å². The molecule has 0 amide bonds. The van der Waals surface area contributed by atoms with Crippen LogP contribution >= 0.6 is 0 Å². The summed E-state index contributed by atoms with van der Waals surface area (Å²) in [6, 6.07) is 12.2. The minimum absolute atomic E-state index is 0.129. The number of fused-ring (bicyclic) bond motifs is 2. The highest BCUT2D eigenvalue weighted by atomic mass is 16.4. The van der Waals surface area contributed by atoms with E-state index in [1.54, 1.807) is 0 Å². The Hall–Kier alpha value is -2.62. The molecule has 0 aliphatic rings. The molecule has 4 rings (SSSR count). The van der Waals surface area contributed by atoms with Crippen LogP contribution < -0.4 is 0 Å². The van der Waals surface area contributed by atoms with E-state index in [-0.39, 0.29) is 11.3 Å². The van der Waals surface area contributed by atoms with Crippen LogP contribution in [0.4, 0.5) is 0 Å². The third kappa shape index (κ3) is 2.82. The standard InChI is InChI=1S/C21H22N2O2/c1-12(2)19-22-15-10-16-18(11-17(15)24-19)25-20(23-16)13-6-8-14(9-7-13)21(3,4)5/h6-12H,1-5H3. The number of benzene rings is 2. The highest BCUT2D eigenvalue weighted by Gasteiger charge is 2.16. The lowest BCUT2D eigenvalue weighted by molar-refractivity contribution is 0.501. The highest BCUT2D eigenvalue weighted by Crippen LogP contribution is 2.31. The average Bonchev–Trinajstić information content (AvgIpc) is 3.14. The van der Waals surface area contributed by atoms with E-state index >= 15 is 0 Å². The third-order valence-electron chi connectivity index (χ3n) is 4.41. The van der Waals surface area contributed by atoms with Crippen molar-refractivity contribution in [3.05, 3.63) is 47.9 Å². The number of aromatic nitrogens is 2. The van der Waals surface area contributed by atoms with Crippen molar-refractivity contribution in [2.45, 2.75) is 46.0 Å². The summed E-state index contributed by atoms with van der Waals surface area (Å²) in [4.78, 5) is 9.17. The number of oxazole rings is 2. The normalized spacial score (nSPS) is 12.6. The van der Waals surface area contributed by atoms with Gasteiger partial charge < -0.3 is 8.83 Å². The Morgan fingerprint density at radius 2 is 1.48 bits per heavy atom. The number of hydrogen-bond donors (Lipinski definition) is 0. The van der Waals surface area contributed by atoms with Crippen LogP contribution in [0.2, 0.25) is 0 Å². The van der Waals surface area contributed by atoms with Gasteiger partial charge in [0.2, 0.25) is 5.89 Å². The quantitative estimate of drug-likeness (QED) is 0.447. The van der Waals surface area contributed by atoms with Crippen molar-refractivity contribution in [1.82, 2.24) is 9.97 Å². The zero-order valence-electron chi connectivity index (χ0n) is 15.3. The van der Waals surface area contributed by atoms with Gasteiger partial charge in [-0.15, -0.1) is 0 Å². The summed E-state index contributed by atoms with van der Waals surface area (Å²) in [6.45, 7) is 10.7. The summed E-state index contributed by atoms with van der Waals surface area (Å²) in [5.74, 6) is 1.61. The van der Waals surface area contributed by atoms with Gasteiger partial charge in [0, 0.05) is 17.5 Å². The molecule has 4 heteroatoms. The van der Waals surface area contributed by atoms with Crippen molar-refractivity contribution in [3.8, 4) is 11.5 Å². The van der Waals surface area contributed by atoms with Crippen LogP contribution in [0.25, 0.3) is 33.7 Å². The predicted octanol–water partition coefficient (Wildman–Crippen LogP) is 6.06. The van der Waals surface area contributed by atoms with Gasteiger partial charge in [-0.1, -0.05) is 46.8 Å². The molecule has 0 spiro atoms. The van der Waals surface area contributed by atoms with E-state index in [1.165, 1.54) is 5.56 Å². The molecule has 4 nitrogen and oxygen atoms in total. The summed E-state index contributed by atoms with van der Waals surface area (Å²) in [7, 11) is 0. The van der Waals surface area contributed by atoms with Crippen molar-refractivity contribution in [1.29, 1.82) is 0 Å². The van der Waals surface area contributed by atoms with Gasteiger partial charge in [0.1, 0.15) is 11.0 Å². The zero-order valence-corrected chi connectivity index (χ0v) is 15.3. The molecule has 4 aromatic rings. The monoisotopic (exact) mass is 334 g/mol. The van der Waals surface area contributed by atoms with E-state index in [4.69, 9.17) is 8.83 Å². The molecular formula is C21H22N2O2. The fourth-order valence-corrected chi connectivity index (χ4v) is 2.85. The lowest BCUT2D eigenvalue weighted by atomic mass is 9.87. The molecule has 0 unspecified atom stereocenters. The molecule has 25 heavy (non-hydrogen) atoms. The van der Waals surface area contributed by atoms with Gasteiger partial charge in [0.25, 0.3) is 0 Å². The SMILES string of the molecule is CC(C)c1nc2cc3nc(-c4ccc(C(C)(C)C)cc4)oc3cc2o1. The highest BCUT2D eigenvalue weighted by molar-refractivity contribution is 5.90. The van der Waals surface area contributed by atoms with Crippen molar-refractivity contribution < 1.29 is 8.83 Å². The maximum absolute atomic E-state index is 5.96. The second-order valence-electron chi connectivity index (χ2n) is 7.84. The minimum atomic E-state index is 0.129. The Bertz CT molecular complexity index is 996. The second kappa shape index (κ2) is 5.45. The molecule has 0 saturated heterocycles. The Kier molecular flexibility index (Phi) is 3.46. The van der Waals surface area contributed by atoms with Gasteiger partial charge in [-0.05, 0) is 29.2 Å². The summed E-state index contributed by atoms with van der Waals surface area (Å²) in [6.07, 6.45) is 0. The smallest absolute Gasteiger partial charge is 0.227 e. The summed E-state index contributed by atoms with van der Waals surface area (Å²) in [5, 5.41) is 0. The summed E-state index contributed by atoms with van der Waals surface area (Å²) < 4.78 is 11.8. The van der Waals surface area contributed by atoms with E-state index < -0.39 is 0 Å². The summed E-state index contributed by atoms with van der Waals surface area (Å²) >= 11 is 0. The van der Waals surface area contributed by atoms with Crippen LogP contribution in [0, 0.1) is 0 Å². The van der Waals surface area contributed by atoms with Crippen molar-refractivity contribution in [2.24, 2.45) is 0 Å². The number of nitrogens with zero attached hydrogens (tertiary/aromatic N) is 2. The van der Waals surface area contributed by atoms with E-state index in [2.05, 4.69) is 68.9 Å². The van der Waals surface area contributed by atoms with Gasteiger partial charge in [-0.25, -0.2) is 9.97 Å². The van der Waals surface area contributed by atoms with Crippen LogP contribution in [0.1, 0.15) is 52.0 Å². The maximum Gasteiger partial charge on any atom is 0.227 e. The second-order valence-corrected chi connectivity index (χ2v) is 7.84. The van der Waals surface area contributed by atoms with Gasteiger partial charge in [-0.3, -0.25) is 0 Å². The molecule has 0 saturated carbocycles. The molecule has 0 radical (unpaired) electrons. The molecule has 0 bridgehead atoms. The Morgan fingerprint density at radius 3 is 2.12 bits per heavy atom. The molecule has 2 aromatic carbocycles. The van der Waals surface area contributed by atoms with E-state index in [1.807, 2.05) is 12.1 Å².